The second-order valence-corrected chi connectivity index (χ2v) is 4.48. The molecular weight excluding hydrogens is 184 g/mol. The van der Waals surface area contributed by atoms with Crippen LogP contribution >= 0.6 is 0 Å². The Morgan fingerprint density at radius 1 is 1.38 bits per heavy atom. The zero-order chi connectivity index (χ0) is 10.3. The van der Waals surface area contributed by atoms with Crippen LogP contribution in [-0.2, 0) is 10.3 Å². The standard InChI is InChI=1S/C10H18O2S/c1-9(2)5-4-6-10(3)7-8-13(11)12/h5,8,10H,4,6-7H2,1-3H3. The van der Waals surface area contributed by atoms with Gasteiger partial charge in [-0.2, -0.15) is 8.42 Å². The predicted molar refractivity (Wildman–Crippen MR) is 57.4 cm³/mol. The Hall–Kier alpha value is -0.570. The summed E-state index contributed by atoms with van der Waals surface area (Å²) in [6.45, 7) is 6.22. The van der Waals surface area contributed by atoms with E-state index in [1.807, 2.05) is 0 Å². The molecule has 13 heavy (non-hydrogen) atoms. The molecule has 0 aromatic rings. The fourth-order valence-electron chi connectivity index (χ4n) is 1.02. The van der Waals surface area contributed by atoms with Crippen LogP contribution in [0.4, 0.5) is 0 Å². The molecule has 0 heterocycles. The summed E-state index contributed by atoms with van der Waals surface area (Å²) in [5.74, 6) is 0.452. The van der Waals surface area contributed by atoms with E-state index >= 15 is 0 Å². The summed E-state index contributed by atoms with van der Waals surface area (Å²) in [5.41, 5.74) is 1.32. The topological polar surface area (TPSA) is 34.1 Å². The van der Waals surface area contributed by atoms with E-state index in [0.717, 1.165) is 12.8 Å². The zero-order valence-electron chi connectivity index (χ0n) is 8.58. The van der Waals surface area contributed by atoms with Crippen molar-refractivity contribution < 1.29 is 8.42 Å². The highest BCUT2D eigenvalue weighted by atomic mass is 32.2. The first-order valence-corrected chi connectivity index (χ1v) is 5.71. The molecule has 0 fully saturated rings. The molecule has 0 N–H and O–H groups in total. The van der Waals surface area contributed by atoms with Gasteiger partial charge in [0.2, 0.25) is 10.3 Å². The van der Waals surface area contributed by atoms with Crippen LogP contribution < -0.4 is 0 Å². The molecule has 1 atom stereocenters. The van der Waals surface area contributed by atoms with Gasteiger partial charge in [-0.05, 0) is 39.0 Å². The smallest absolute Gasteiger partial charge is 0.185 e. The second kappa shape index (κ2) is 6.89. The van der Waals surface area contributed by atoms with Gasteiger partial charge in [0, 0.05) is 5.37 Å². The average Bonchev–Trinajstić information content (AvgIpc) is 2.00. The third-order valence-electron chi connectivity index (χ3n) is 1.85. The molecule has 0 aromatic heterocycles. The first kappa shape index (κ1) is 12.4. The van der Waals surface area contributed by atoms with Crippen LogP contribution in [0.25, 0.3) is 0 Å². The summed E-state index contributed by atoms with van der Waals surface area (Å²) in [5, 5.41) is 1.34. The van der Waals surface area contributed by atoms with Crippen LogP contribution in [-0.4, -0.2) is 13.8 Å². The highest BCUT2D eigenvalue weighted by molar-refractivity contribution is 7.71. The van der Waals surface area contributed by atoms with Gasteiger partial charge in [0.25, 0.3) is 0 Å². The molecule has 0 radical (unpaired) electrons. The molecule has 0 aliphatic carbocycles. The van der Waals surface area contributed by atoms with Gasteiger partial charge in [-0.25, -0.2) is 0 Å². The molecule has 0 aliphatic heterocycles. The van der Waals surface area contributed by atoms with Crippen molar-refractivity contribution in [2.75, 3.05) is 0 Å². The molecule has 0 rings (SSSR count). The third-order valence-corrected chi connectivity index (χ3v) is 2.31. The van der Waals surface area contributed by atoms with E-state index in [4.69, 9.17) is 0 Å². The van der Waals surface area contributed by atoms with Crippen molar-refractivity contribution in [3.8, 4) is 0 Å². The van der Waals surface area contributed by atoms with Crippen molar-refractivity contribution in [1.29, 1.82) is 0 Å². The largest absolute Gasteiger partial charge is 0.209 e. The van der Waals surface area contributed by atoms with E-state index in [2.05, 4.69) is 26.8 Å². The van der Waals surface area contributed by atoms with Crippen molar-refractivity contribution in [2.45, 2.75) is 40.0 Å². The van der Waals surface area contributed by atoms with Crippen molar-refractivity contribution >= 4 is 15.7 Å². The maximum atomic E-state index is 10.2. The van der Waals surface area contributed by atoms with Crippen molar-refractivity contribution in [3.63, 3.8) is 0 Å². The maximum absolute atomic E-state index is 10.2. The van der Waals surface area contributed by atoms with Crippen LogP contribution in [0, 0.1) is 5.92 Å². The Labute approximate surface area is 82.2 Å². The predicted octanol–water partition coefficient (Wildman–Crippen LogP) is 2.44. The van der Waals surface area contributed by atoms with E-state index in [1.165, 1.54) is 10.9 Å². The van der Waals surface area contributed by atoms with Crippen molar-refractivity contribution in [2.24, 2.45) is 5.92 Å². The van der Waals surface area contributed by atoms with Crippen LogP contribution in [0.3, 0.4) is 0 Å². The fourth-order valence-corrected chi connectivity index (χ4v) is 1.50. The molecule has 0 aromatic carbocycles. The Morgan fingerprint density at radius 3 is 2.46 bits per heavy atom. The molecule has 2 nitrogen and oxygen atoms in total. The summed E-state index contributed by atoms with van der Waals surface area (Å²) >= 11 is 0. The van der Waals surface area contributed by atoms with Gasteiger partial charge in [-0.1, -0.05) is 18.6 Å². The summed E-state index contributed by atoms with van der Waals surface area (Å²) in [6, 6.07) is 0. The molecular formula is C10H18O2S. The van der Waals surface area contributed by atoms with Crippen LogP contribution in [0.2, 0.25) is 0 Å². The summed E-state index contributed by atoms with van der Waals surface area (Å²) in [7, 11) is -1.99. The van der Waals surface area contributed by atoms with Crippen molar-refractivity contribution in [1.82, 2.24) is 0 Å². The molecule has 0 saturated heterocycles. The fraction of sp³-hybridized carbons (Fsp3) is 0.700. The second-order valence-electron chi connectivity index (χ2n) is 3.63. The van der Waals surface area contributed by atoms with E-state index in [1.54, 1.807) is 0 Å². The highest BCUT2D eigenvalue weighted by Crippen LogP contribution is 2.09. The average molecular weight is 202 g/mol. The van der Waals surface area contributed by atoms with Crippen molar-refractivity contribution in [3.05, 3.63) is 11.6 Å². The molecule has 3 heteroatoms. The van der Waals surface area contributed by atoms with Gasteiger partial charge < -0.3 is 0 Å². The Bertz CT molecular complexity index is 274. The number of allylic oxidation sites excluding steroid dienone is 2. The van der Waals surface area contributed by atoms with E-state index < -0.39 is 10.3 Å². The third kappa shape index (κ3) is 9.34. The monoisotopic (exact) mass is 202 g/mol. The number of hydrogen-bond donors (Lipinski definition) is 0. The Morgan fingerprint density at radius 2 is 2.00 bits per heavy atom. The van der Waals surface area contributed by atoms with E-state index in [0.29, 0.717) is 12.3 Å². The first-order valence-electron chi connectivity index (χ1n) is 4.57. The van der Waals surface area contributed by atoms with Crippen LogP contribution in [0.15, 0.2) is 11.6 Å². The lowest BCUT2D eigenvalue weighted by Crippen LogP contribution is -1.94. The lowest BCUT2D eigenvalue weighted by molar-refractivity contribution is 0.564. The SMILES string of the molecule is CC(C)=CCCC(C)CC=S(=O)=O. The first-order chi connectivity index (χ1) is 6.02. The molecule has 1 unspecified atom stereocenters. The lowest BCUT2D eigenvalue weighted by atomic mass is 10.0. The van der Waals surface area contributed by atoms with Gasteiger partial charge in [0.1, 0.15) is 0 Å². The Balaban J connectivity index is 3.70. The van der Waals surface area contributed by atoms with Gasteiger partial charge in [-0.3, -0.25) is 0 Å². The lowest BCUT2D eigenvalue weighted by Gasteiger charge is -2.04. The molecule has 0 aliphatic rings. The highest BCUT2D eigenvalue weighted by Gasteiger charge is 1.98. The summed E-state index contributed by atoms with van der Waals surface area (Å²) in [6.07, 6.45) is 4.94. The normalized spacial score (nSPS) is 11.9. The number of rotatable bonds is 5. The van der Waals surface area contributed by atoms with Gasteiger partial charge >= 0.3 is 0 Å². The molecule has 0 spiro atoms. The van der Waals surface area contributed by atoms with Gasteiger partial charge in [-0.15, -0.1) is 0 Å². The molecule has 0 amide bonds. The van der Waals surface area contributed by atoms with Gasteiger partial charge in [0.15, 0.2) is 0 Å². The quantitative estimate of drug-likeness (QED) is 0.507. The summed E-state index contributed by atoms with van der Waals surface area (Å²) < 4.78 is 20.4. The number of hydrogen-bond acceptors (Lipinski definition) is 2. The minimum Gasteiger partial charge on any atom is -0.185 e. The minimum absolute atomic E-state index is 0.452. The van der Waals surface area contributed by atoms with Crippen LogP contribution in [0.1, 0.15) is 40.0 Å². The molecule has 0 saturated carbocycles. The minimum atomic E-state index is -1.99. The maximum Gasteiger partial charge on any atom is 0.209 e. The van der Waals surface area contributed by atoms with Crippen LogP contribution in [0.5, 0.6) is 0 Å². The Kier molecular flexibility index (Phi) is 6.59. The zero-order valence-corrected chi connectivity index (χ0v) is 9.39. The van der Waals surface area contributed by atoms with Gasteiger partial charge in [0.05, 0.1) is 0 Å². The van der Waals surface area contributed by atoms with E-state index in [-0.39, 0.29) is 0 Å². The van der Waals surface area contributed by atoms with E-state index in [9.17, 15) is 8.42 Å². The molecule has 76 valence electrons. The molecule has 0 bridgehead atoms. The summed E-state index contributed by atoms with van der Waals surface area (Å²) in [4.78, 5) is 0.